The molecule has 2 nitrogen and oxygen atoms in total. The van der Waals surface area contributed by atoms with Crippen molar-refractivity contribution in [1.82, 2.24) is 5.32 Å². The van der Waals surface area contributed by atoms with Crippen molar-refractivity contribution >= 4 is 11.3 Å². The first-order valence-corrected chi connectivity index (χ1v) is 7.44. The molecule has 2 rings (SSSR count). The van der Waals surface area contributed by atoms with Gasteiger partial charge in [-0.25, -0.2) is 8.78 Å². The van der Waals surface area contributed by atoms with Crippen molar-refractivity contribution in [2.75, 3.05) is 6.54 Å². The third-order valence-corrected chi connectivity index (χ3v) is 3.93. The molecule has 2 aromatic rings. The molecule has 0 saturated heterocycles. The van der Waals surface area contributed by atoms with Crippen molar-refractivity contribution in [1.29, 1.82) is 0 Å². The lowest BCUT2D eigenvalue weighted by Gasteiger charge is -2.20. The SMILES string of the molecule is CCC(NCC(O)c1ccsc1)c1ccc(F)cc1F. The minimum Gasteiger partial charge on any atom is -0.387 e. The molecule has 0 spiro atoms. The first-order valence-electron chi connectivity index (χ1n) is 6.50. The van der Waals surface area contributed by atoms with Crippen LogP contribution in [0.1, 0.15) is 36.6 Å². The first kappa shape index (κ1) is 15.1. The summed E-state index contributed by atoms with van der Waals surface area (Å²) in [5, 5.41) is 16.9. The summed E-state index contributed by atoms with van der Waals surface area (Å²) in [5.41, 5.74) is 1.27. The van der Waals surface area contributed by atoms with Gasteiger partial charge in [0.25, 0.3) is 0 Å². The van der Waals surface area contributed by atoms with E-state index in [-0.39, 0.29) is 6.04 Å². The Morgan fingerprint density at radius 2 is 2.10 bits per heavy atom. The summed E-state index contributed by atoms with van der Waals surface area (Å²) in [7, 11) is 0. The van der Waals surface area contributed by atoms with Gasteiger partial charge in [-0.2, -0.15) is 11.3 Å². The lowest BCUT2D eigenvalue weighted by Crippen LogP contribution is -2.26. The van der Waals surface area contributed by atoms with Crippen LogP contribution in [0.5, 0.6) is 0 Å². The van der Waals surface area contributed by atoms with E-state index in [1.165, 1.54) is 23.5 Å². The second kappa shape index (κ2) is 6.92. The summed E-state index contributed by atoms with van der Waals surface area (Å²) in [4.78, 5) is 0. The molecule has 1 aromatic carbocycles. The van der Waals surface area contributed by atoms with Crippen LogP contribution >= 0.6 is 11.3 Å². The molecular formula is C15H17F2NOS. The number of nitrogens with one attached hydrogen (secondary N) is 1. The zero-order valence-corrected chi connectivity index (χ0v) is 12.0. The van der Waals surface area contributed by atoms with Gasteiger partial charge in [0.1, 0.15) is 11.6 Å². The lowest BCUT2D eigenvalue weighted by atomic mass is 10.0. The zero-order valence-electron chi connectivity index (χ0n) is 11.1. The summed E-state index contributed by atoms with van der Waals surface area (Å²) < 4.78 is 26.7. The highest BCUT2D eigenvalue weighted by molar-refractivity contribution is 7.07. The average molecular weight is 297 g/mol. The van der Waals surface area contributed by atoms with Crippen LogP contribution < -0.4 is 5.32 Å². The quantitative estimate of drug-likeness (QED) is 0.850. The molecule has 1 heterocycles. The van der Waals surface area contributed by atoms with Crippen LogP contribution in [0, 0.1) is 11.6 Å². The van der Waals surface area contributed by atoms with Crippen molar-refractivity contribution in [2.45, 2.75) is 25.5 Å². The Kier molecular flexibility index (Phi) is 5.23. The Hall–Kier alpha value is -1.30. The lowest BCUT2D eigenvalue weighted by molar-refractivity contribution is 0.169. The first-order chi connectivity index (χ1) is 9.61. The van der Waals surface area contributed by atoms with E-state index in [2.05, 4.69) is 5.32 Å². The number of hydrogen-bond donors (Lipinski definition) is 2. The Morgan fingerprint density at radius 3 is 2.70 bits per heavy atom. The molecule has 1 aromatic heterocycles. The Labute approximate surface area is 121 Å². The third-order valence-electron chi connectivity index (χ3n) is 3.23. The highest BCUT2D eigenvalue weighted by Gasteiger charge is 2.16. The predicted octanol–water partition coefficient (Wildman–Crippen LogP) is 3.80. The van der Waals surface area contributed by atoms with Gasteiger partial charge in [0.15, 0.2) is 0 Å². The molecule has 0 radical (unpaired) electrons. The Bertz CT molecular complexity index is 545. The maximum absolute atomic E-state index is 13.7. The van der Waals surface area contributed by atoms with Gasteiger partial charge in [0, 0.05) is 24.2 Å². The second-order valence-corrected chi connectivity index (χ2v) is 5.39. The fraction of sp³-hybridized carbons (Fsp3) is 0.333. The minimum atomic E-state index is -0.626. The van der Waals surface area contributed by atoms with E-state index in [0.29, 0.717) is 18.5 Å². The third kappa shape index (κ3) is 3.62. The molecule has 0 fully saturated rings. The van der Waals surface area contributed by atoms with Gasteiger partial charge < -0.3 is 10.4 Å². The van der Waals surface area contributed by atoms with Gasteiger partial charge in [0.05, 0.1) is 6.10 Å². The molecule has 2 unspecified atom stereocenters. The van der Waals surface area contributed by atoms with Crippen LogP contribution in [0.25, 0.3) is 0 Å². The fourth-order valence-corrected chi connectivity index (χ4v) is 2.80. The molecule has 0 amide bonds. The van der Waals surface area contributed by atoms with E-state index < -0.39 is 17.7 Å². The van der Waals surface area contributed by atoms with Gasteiger partial charge in [-0.15, -0.1) is 0 Å². The Balaban J connectivity index is 2.02. The van der Waals surface area contributed by atoms with Crippen molar-refractivity contribution in [3.05, 3.63) is 57.8 Å². The largest absolute Gasteiger partial charge is 0.387 e. The van der Waals surface area contributed by atoms with E-state index in [9.17, 15) is 13.9 Å². The van der Waals surface area contributed by atoms with Crippen molar-refractivity contribution < 1.29 is 13.9 Å². The van der Waals surface area contributed by atoms with Crippen LogP contribution in [-0.2, 0) is 0 Å². The maximum Gasteiger partial charge on any atom is 0.130 e. The monoisotopic (exact) mass is 297 g/mol. The molecular weight excluding hydrogens is 280 g/mol. The molecule has 2 N–H and O–H groups in total. The highest BCUT2D eigenvalue weighted by atomic mass is 32.1. The highest BCUT2D eigenvalue weighted by Crippen LogP contribution is 2.22. The summed E-state index contributed by atoms with van der Waals surface area (Å²) >= 11 is 1.52. The number of rotatable bonds is 6. The van der Waals surface area contributed by atoms with E-state index in [1.54, 1.807) is 0 Å². The maximum atomic E-state index is 13.7. The van der Waals surface area contributed by atoms with Gasteiger partial charge in [-0.1, -0.05) is 13.0 Å². The van der Waals surface area contributed by atoms with Gasteiger partial charge in [-0.3, -0.25) is 0 Å². The smallest absolute Gasteiger partial charge is 0.130 e. The number of hydrogen-bond acceptors (Lipinski definition) is 3. The molecule has 0 saturated carbocycles. The predicted molar refractivity (Wildman–Crippen MR) is 76.7 cm³/mol. The second-order valence-electron chi connectivity index (χ2n) is 4.61. The minimum absolute atomic E-state index is 0.246. The van der Waals surface area contributed by atoms with Crippen LogP contribution in [0.2, 0.25) is 0 Å². The van der Waals surface area contributed by atoms with Gasteiger partial charge in [0.2, 0.25) is 0 Å². The van der Waals surface area contributed by atoms with Crippen molar-refractivity contribution in [2.24, 2.45) is 0 Å². The van der Waals surface area contributed by atoms with Crippen LogP contribution in [0.4, 0.5) is 8.78 Å². The molecule has 0 aliphatic heterocycles. The van der Waals surface area contributed by atoms with E-state index in [4.69, 9.17) is 0 Å². The van der Waals surface area contributed by atoms with Gasteiger partial charge in [-0.05, 0) is 34.9 Å². The van der Waals surface area contributed by atoms with Crippen LogP contribution in [0.15, 0.2) is 35.0 Å². The van der Waals surface area contributed by atoms with E-state index >= 15 is 0 Å². The average Bonchev–Trinajstić information content (AvgIpc) is 2.95. The molecule has 0 aliphatic rings. The van der Waals surface area contributed by atoms with E-state index in [1.807, 2.05) is 23.8 Å². The number of benzene rings is 1. The zero-order chi connectivity index (χ0) is 14.5. The number of halogens is 2. The summed E-state index contributed by atoms with van der Waals surface area (Å²) in [5.74, 6) is -1.14. The van der Waals surface area contributed by atoms with E-state index in [0.717, 1.165) is 11.6 Å². The summed E-state index contributed by atoms with van der Waals surface area (Å²) in [6.45, 7) is 2.24. The summed E-state index contributed by atoms with van der Waals surface area (Å²) in [6, 6.07) is 5.19. The molecule has 0 bridgehead atoms. The molecule has 2 atom stereocenters. The summed E-state index contributed by atoms with van der Waals surface area (Å²) in [6.07, 6.45) is 0.0256. The topological polar surface area (TPSA) is 32.3 Å². The van der Waals surface area contributed by atoms with Crippen molar-refractivity contribution in [3.63, 3.8) is 0 Å². The number of thiophene rings is 1. The number of aliphatic hydroxyl groups is 1. The van der Waals surface area contributed by atoms with Crippen LogP contribution in [-0.4, -0.2) is 11.7 Å². The molecule has 108 valence electrons. The van der Waals surface area contributed by atoms with Crippen LogP contribution in [0.3, 0.4) is 0 Å². The van der Waals surface area contributed by atoms with Crippen molar-refractivity contribution in [3.8, 4) is 0 Å². The molecule has 0 aliphatic carbocycles. The molecule has 5 heteroatoms. The fourth-order valence-electron chi connectivity index (χ4n) is 2.09. The normalized spacial score (nSPS) is 14.2. The standard InChI is InChI=1S/C15H17F2NOS/c1-2-14(12-4-3-11(16)7-13(12)17)18-8-15(19)10-5-6-20-9-10/h3-7,9,14-15,18-19H,2,8H2,1H3. The van der Waals surface area contributed by atoms with Gasteiger partial charge >= 0.3 is 0 Å². The number of aliphatic hydroxyl groups excluding tert-OH is 1. The Morgan fingerprint density at radius 1 is 1.30 bits per heavy atom. The molecule has 20 heavy (non-hydrogen) atoms.